The quantitative estimate of drug-likeness (QED) is 0.0323. The minimum Gasteiger partial charge on any atom is -0.494 e. The highest BCUT2D eigenvalue weighted by Crippen LogP contribution is 2.16. The lowest BCUT2D eigenvalue weighted by molar-refractivity contribution is -0.141. The molecule has 4 rings (SSSR count). The topological polar surface area (TPSA) is 339 Å². The van der Waals surface area contributed by atoms with E-state index in [9.17, 15) is 51.6 Å². The van der Waals surface area contributed by atoms with Gasteiger partial charge in [-0.3, -0.25) is 43.5 Å². The maximum Gasteiger partial charge on any atom is 0.305 e. The van der Waals surface area contributed by atoms with Crippen LogP contribution in [0.4, 0.5) is 5.82 Å². The van der Waals surface area contributed by atoms with Gasteiger partial charge in [0.2, 0.25) is 29.5 Å². The van der Waals surface area contributed by atoms with E-state index in [0.717, 1.165) is 0 Å². The summed E-state index contributed by atoms with van der Waals surface area (Å²) in [7, 11) is -4.45. The van der Waals surface area contributed by atoms with Gasteiger partial charge < -0.3 is 47.5 Å². The Morgan fingerprint density at radius 3 is 2.26 bits per heavy atom. The van der Waals surface area contributed by atoms with Crippen LogP contribution < -0.4 is 47.8 Å². The lowest BCUT2D eigenvalue weighted by Gasteiger charge is -2.27. The molecule has 1 aliphatic heterocycles. The maximum absolute atomic E-state index is 13.8. The van der Waals surface area contributed by atoms with Crippen LogP contribution >= 0.6 is 0 Å². The van der Waals surface area contributed by atoms with Crippen LogP contribution in [0.5, 0.6) is 5.75 Å². The van der Waals surface area contributed by atoms with E-state index in [1.807, 2.05) is 0 Å². The second-order valence-electron chi connectivity index (χ2n) is 15.2. The first-order valence-electron chi connectivity index (χ1n) is 20.7. The Balaban J connectivity index is 1.35. The summed E-state index contributed by atoms with van der Waals surface area (Å²) < 4.78 is 38.3. The molecule has 0 spiro atoms. The fourth-order valence-corrected chi connectivity index (χ4v) is 6.99. The third-order valence-electron chi connectivity index (χ3n) is 9.76. The number of amides is 6. The van der Waals surface area contributed by atoms with Gasteiger partial charge in [-0.2, -0.15) is 13.5 Å². The molecule has 22 nitrogen and oxygen atoms in total. The summed E-state index contributed by atoms with van der Waals surface area (Å²) >= 11 is 0. The van der Waals surface area contributed by atoms with Crippen molar-refractivity contribution in [3.8, 4) is 5.75 Å². The molecule has 1 fully saturated rings. The van der Waals surface area contributed by atoms with Crippen molar-refractivity contribution in [2.75, 3.05) is 31.7 Å². The Morgan fingerprint density at radius 1 is 0.892 bits per heavy atom. The maximum atomic E-state index is 13.8. The molecule has 23 heteroatoms. The fraction of sp³-hybridized carbons (Fsp3) is 0.405. The molecule has 0 bridgehead atoms. The summed E-state index contributed by atoms with van der Waals surface area (Å²) in [6, 6.07) is 10.1. The number of carboxylic acid groups (broad SMARTS) is 1. The summed E-state index contributed by atoms with van der Waals surface area (Å²) in [5, 5.41) is 28.8. The zero-order chi connectivity index (χ0) is 47.5. The zero-order valence-electron chi connectivity index (χ0n) is 35.7. The van der Waals surface area contributed by atoms with Crippen LogP contribution in [0, 0.1) is 5.92 Å². The first kappa shape index (κ1) is 50.7. The van der Waals surface area contributed by atoms with E-state index in [4.69, 9.17) is 10.5 Å². The number of aliphatic carboxylic acids is 1. The van der Waals surface area contributed by atoms with Gasteiger partial charge in [-0.05, 0) is 74.0 Å². The number of carbonyl (C=O) groups is 7. The van der Waals surface area contributed by atoms with Gasteiger partial charge in [0.1, 0.15) is 40.6 Å². The molecule has 350 valence electrons. The lowest BCUT2D eigenvalue weighted by atomic mass is 9.99. The van der Waals surface area contributed by atoms with Gasteiger partial charge in [0, 0.05) is 24.7 Å². The van der Waals surface area contributed by atoms with Crippen LogP contribution in [-0.4, -0.2) is 121 Å². The smallest absolute Gasteiger partial charge is 0.305 e. The largest absolute Gasteiger partial charge is 0.494 e. The van der Waals surface area contributed by atoms with Crippen molar-refractivity contribution in [3.05, 3.63) is 83.6 Å². The molecule has 2 heterocycles. The van der Waals surface area contributed by atoms with E-state index < -0.39 is 94.6 Å². The molecule has 0 aliphatic carbocycles. The van der Waals surface area contributed by atoms with Gasteiger partial charge in [0.05, 0.1) is 31.4 Å². The van der Waals surface area contributed by atoms with Gasteiger partial charge in [-0.25, -0.2) is 4.98 Å². The second-order valence-corrected chi connectivity index (χ2v) is 16.6. The lowest BCUT2D eigenvalue weighted by Crippen LogP contribution is -2.59. The number of nitrogens with one attached hydrogen (secondary N) is 7. The van der Waals surface area contributed by atoms with E-state index >= 15 is 0 Å². The van der Waals surface area contributed by atoms with Gasteiger partial charge in [-0.15, -0.1) is 0 Å². The van der Waals surface area contributed by atoms with E-state index in [0.29, 0.717) is 37.1 Å². The molecule has 1 aliphatic rings. The molecular weight excluding hydrogens is 869 g/mol. The van der Waals surface area contributed by atoms with Gasteiger partial charge >= 0.3 is 5.97 Å². The molecule has 11 N–H and O–H groups in total. The van der Waals surface area contributed by atoms with Crippen molar-refractivity contribution >= 4 is 63.6 Å². The molecule has 65 heavy (non-hydrogen) atoms. The standard InChI is InChI=1S/C42H54N10O12S/c1-25(2)37-42(60)50-31(41(59)49-32(21-36(54)55)39(57)46-24-35(53)48-30(40(58)51-37)9-5-6-17-43)20-26-11-14-29(15-12-26)64-19-7-18-44-38(56)28-13-16-34(45-22-28)52-47-23-27-8-3-4-10-33(27)65(61,62)63/h3-4,8,10-16,22-23,25,30-32,37H,5-7,9,17-21,24,43H2,1-2H3,(H,44,56)(H,45,52)(H,46,57)(H,48,53)(H,49,59)(H,50,60)(H,51,58)(H,54,55)(H,61,62,63)/b47-23+/t30?,31-,32-,37-/m1/s1. The number of unbranched alkanes of at least 4 members (excludes halogenated alkanes) is 1. The van der Waals surface area contributed by atoms with Crippen LogP contribution in [0.2, 0.25) is 0 Å². The van der Waals surface area contributed by atoms with Crippen molar-refractivity contribution < 1.29 is 56.4 Å². The molecular formula is C42H54N10O12S. The number of ether oxygens (including phenoxy) is 1. The Bertz CT molecular complexity index is 2290. The number of carboxylic acids is 1. The summed E-state index contributed by atoms with van der Waals surface area (Å²) in [6.07, 6.45) is 3.23. The van der Waals surface area contributed by atoms with E-state index in [-0.39, 0.29) is 47.8 Å². The summed E-state index contributed by atoms with van der Waals surface area (Å²) in [6.45, 7) is 3.57. The molecule has 2 aromatic carbocycles. The first-order valence-corrected chi connectivity index (χ1v) is 22.1. The SMILES string of the molecule is CC(C)[C@H]1NC(=O)C(CCCCN)NC(=O)CNC(=O)[C@@H](CC(=O)O)NC(=O)[C@@H](Cc2ccc(OCCCNC(=O)c3ccc(N/N=C/c4ccccc4S(=O)(=O)O)nc3)cc2)NC1=O. The van der Waals surface area contributed by atoms with Gasteiger partial charge in [-0.1, -0.05) is 44.2 Å². The van der Waals surface area contributed by atoms with Crippen LogP contribution in [-0.2, 0) is 45.3 Å². The number of aromatic nitrogens is 1. The number of benzene rings is 2. The highest BCUT2D eigenvalue weighted by atomic mass is 32.2. The number of nitrogens with zero attached hydrogens (tertiary/aromatic N) is 2. The second kappa shape index (κ2) is 24.8. The van der Waals surface area contributed by atoms with Crippen LogP contribution in [0.3, 0.4) is 0 Å². The summed E-state index contributed by atoms with van der Waals surface area (Å²) in [4.78, 5) is 94.9. The molecule has 1 saturated heterocycles. The Morgan fingerprint density at radius 2 is 1.60 bits per heavy atom. The number of hydrogen-bond acceptors (Lipinski definition) is 14. The number of hydrazone groups is 1. The minimum atomic E-state index is -4.45. The summed E-state index contributed by atoms with van der Waals surface area (Å²) in [5.74, 6) is -5.51. The van der Waals surface area contributed by atoms with E-state index in [2.05, 4.69) is 47.4 Å². The monoisotopic (exact) mass is 922 g/mol. The first-order chi connectivity index (χ1) is 30.9. The average molecular weight is 923 g/mol. The Labute approximate surface area is 375 Å². The Kier molecular flexibility index (Phi) is 19.3. The highest BCUT2D eigenvalue weighted by Gasteiger charge is 2.34. The highest BCUT2D eigenvalue weighted by molar-refractivity contribution is 7.86. The predicted octanol–water partition coefficient (Wildman–Crippen LogP) is -0.156. The number of nitrogens with two attached hydrogens (primary N) is 1. The molecule has 4 atom stereocenters. The molecule has 3 aromatic rings. The normalized spacial score (nSPS) is 18.9. The van der Waals surface area contributed by atoms with Crippen LogP contribution in [0.25, 0.3) is 0 Å². The van der Waals surface area contributed by atoms with Crippen LogP contribution in [0.1, 0.15) is 67.4 Å². The predicted molar refractivity (Wildman–Crippen MR) is 235 cm³/mol. The van der Waals surface area contributed by atoms with Crippen molar-refractivity contribution in [2.45, 2.75) is 81.4 Å². The van der Waals surface area contributed by atoms with Gasteiger partial charge in [0.15, 0.2) is 0 Å². The molecule has 0 saturated carbocycles. The Hall–Kier alpha value is -6.98. The zero-order valence-corrected chi connectivity index (χ0v) is 36.6. The third kappa shape index (κ3) is 16.6. The number of rotatable bonds is 19. The van der Waals surface area contributed by atoms with Crippen molar-refractivity contribution in [1.29, 1.82) is 0 Å². The van der Waals surface area contributed by atoms with Crippen LogP contribution in [0.15, 0.2) is 76.9 Å². The van der Waals surface area contributed by atoms with E-state index in [1.165, 1.54) is 42.7 Å². The minimum absolute atomic E-state index is 0.115. The van der Waals surface area contributed by atoms with Crippen molar-refractivity contribution in [1.82, 2.24) is 36.9 Å². The number of hydrogen-bond donors (Lipinski definition) is 10. The van der Waals surface area contributed by atoms with E-state index in [1.54, 1.807) is 44.2 Å². The third-order valence-corrected chi connectivity index (χ3v) is 10.7. The van der Waals surface area contributed by atoms with Crippen molar-refractivity contribution in [2.24, 2.45) is 16.8 Å². The number of anilines is 1. The molecule has 1 aromatic heterocycles. The van der Waals surface area contributed by atoms with Crippen molar-refractivity contribution in [3.63, 3.8) is 0 Å². The average Bonchev–Trinajstić information content (AvgIpc) is 3.26. The molecule has 0 radical (unpaired) electrons. The molecule has 1 unspecified atom stereocenters. The fourth-order valence-electron chi connectivity index (χ4n) is 6.32. The van der Waals surface area contributed by atoms with Gasteiger partial charge in [0.25, 0.3) is 16.0 Å². The molecule has 6 amide bonds. The number of pyridine rings is 1. The summed E-state index contributed by atoms with van der Waals surface area (Å²) in [5.41, 5.74) is 9.20. The number of carbonyl (C=O) groups excluding carboxylic acids is 6.